The number of benzene rings is 2. The van der Waals surface area contributed by atoms with Gasteiger partial charge >= 0.3 is 0 Å². The number of hydrogen-bond donors (Lipinski definition) is 1. The molecule has 0 bridgehead atoms. The Morgan fingerprint density at radius 3 is 2.79 bits per heavy atom. The molecule has 8 nitrogen and oxygen atoms in total. The number of ether oxygens (including phenoxy) is 3. The van der Waals surface area contributed by atoms with Gasteiger partial charge in [0.05, 0.1) is 38.2 Å². The molecule has 0 spiro atoms. The zero-order valence-corrected chi connectivity index (χ0v) is 19.9. The molecule has 2 unspecified atom stereocenters. The summed E-state index contributed by atoms with van der Waals surface area (Å²) in [6, 6.07) is 15.6. The van der Waals surface area contributed by atoms with Crippen molar-refractivity contribution in [2.24, 2.45) is 0 Å². The lowest BCUT2D eigenvalue weighted by atomic mass is 10.0. The first kappa shape index (κ1) is 22.7. The summed E-state index contributed by atoms with van der Waals surface area (Å²) in [7, 11) is 1.65. The number of methoxy groups -OCH3 is 1. The van der Waals surface area contributed by atoms with Crippen molar-refractivity contribution in [1.82, 2.24) is 20.1 Å². The van der Waals surface area contributed by atoms with E-state index in [1.807, 2.05) is 48.5 Å². The molecule has 2 aliphatic heterocycles. The smallest absolute Gasteiger partial charge is 0.230 e. The van der Waals surface area contributed by atoms with Crippen LogP contribution in [0.2, 0.25) is 0 Å². The van der Waals surface area contributed by atoms with E-state index in [4.69, 9.17) is 14.2 Å². The Morgan fingerprint density at radius 2 is 2.00 bits per heavy atom. The molecule has 34 heavy (non-hydrogen) atoms. The third-order valence-corrected chi connectivity index (χ3v) is 7.07. The van der Waals surface area contributed by atoms with Crippen molar-refractivity contribution in [1.29, 1.82) is 0 Å². The van der Waals surface area contributed by atoms with E-state index in [0.717, 1.165) is 54.3 Å². The molecule has 2 aromatic carbocycles. The fourth-order valence-electron chi connectivity index (χ4n) is 4.36. The predicted octanol–water partition coefficient (Wildman–Crippen LogP) is 3.86. The van der Waals surface area contributed by atoms with Gasteiger partial charge in [-0.1, -0.05) is 30.0 Å². The highest BCUT2D eigenvalue weighted by Gasteiger charge is 2.25. The van der Waals surface area contributed by atoms with E-state index < -0.39 is 0 Å². The van der Waals surface area contributed by atoms with Gasteiger partial charge in [0.15, 0.2) is 11.0 Å². The van der Waals surface area contributed by atoms with Gasteiger partial charge in [0.25, 0.3) is 0 Å². The van der Waals surface area contributed by atoms with Gasteiger partial charge in [-0.15, -0.1) is 10.2 Å². The highest BCUT2D eigenvalue weighted by Crippen LogP contribution is 2.32. The number of carbonyl (C=O) groups is 1. The van der Waals surface area contributed by atoms with Crippen molar-refractivity contribution in [2.75, 3.05) is 26.1 Å². The summed E-state index contributed by atoms with van der Waals surface area (Å²) in [4.78, 5) is 12.8. The van der Waals surface area contributed by atoms with Crippen LogP contribution < -0.4 is 14.8 Å². The zero-order valence-electron chi connectivity index (χ0n) is 19.1. The molecule has 1 fully saturated rings. The van der Waals surface area contributed by atoms with Crippen LogP contribution in [-0.2, 0) is 16.1 Å². The Morgan fingerprint density at radius 1 is 1.15 bits per heavy atom. The Labute approximate surface area is 203 Å². The van der Waals surface area contributed by atoms with Crippen LogP contribution in [-0.4, -0.2) is 52.9 Å². The Bertz CT molecular complexity index is 1130. The molecule has 0 radical (unpaired) electrons. The number of fused-ring (bicyclic) bond motifs is 1. The van der Waals surface area contributed by atoms with Gasteiger partial charge in [-0.25, -0.2) is 0 Å². The van der Waals surface area contributed by atoms with E-state index in [0.29, 0.717) is 18.3 Å². The molecule has 0 saturated carbocycles. The summed E-state index contributed by atoms with van der Waals surface area (Å²) in [5.41, 5.74) is 1.97. The minimum absolute atomic E-state index is 0.0376. The van der Waals surface area contributed by atoms with Crippen molar-refractivity contribution < 1.29 is 19.0 Å². The molecule has 1 aromatic heterocycles. The van der Waals surface area contributed by atoms with E-state index in [1.165, 1.54) is 11.8 Å². The van der Waals surface area contributed by atoms with Crippen LogP contribution in [0.15, 0.2) is 53.7 Å². The molecule has 2 atom stereocenters. The van der Waals surface area contributed by atoms with E-state index in [1.54, 1.807) is 7.11 Å². The molecule has 3 heterocycles. The summed E-state index contributed by atoms with van der Waals surface area (Å²) in [6.07, 6.45) is 2.94. The number of amides is 1. The third-order valence-electron chi connectivity index (χ3n) is 6.10. The average molecular weight is 481 g/mol. The fraction of sp³-hybridized carbons (Fsp3) is 0.400. The number of hydrogen-bond acceptors (Lipinski definition) is 7. The summed E-state index contributed by atoms with van der Waals surface area (Å²) in [5, 5.41) is 12.7. The van der Waals surface area contributed by atoms with Gasteiger partial charge in [0.1, 0.15) is 11.5 Å². The van der Waals surface area contributed by atoms with E-state index in [2.05, 4.69) is 20.1 Å². The topological polar surface area (TPSA) is 87.5 Å². The van der Waals surface area contributed by atoms with Crippen LogP contribution in [0.4, 0.5) is 0 Å². The van der Waals surface area contributed by atoms with Crippen LogP contribution in [0.5, 0.6) is 11.5 Å². The number of nitrogens with zero attached hydrogens (tertiary/aromatic N) is 3. The molecule has 9 heteroatoms. The lowest BCUT2D eigenvalue weighted by Gasteiger charge is -2.26. The number of rotatable bonds is 8. The maximum atomic E-state index is 12.8. The largest absolute Gasteiger partial charge is 0.497 e. The predicted molar refractivity (Wildman–Crippen MR) is 129 cm³/mol. The number of thioether (sulfide) groups is 1. The van der Waals surface area contributed by atoms with Gasteiger partial charge in [-0.2, -0.15) is 0 Å². The second-order valence-electron chi connectivity index (χ2n) is 8.36. The standard InChI is InChI=1S/C25H28N4O4S/c1-31-18-10-8-17(9-11-18)24-27-28-25(29(24)15-19-5-4-13-32-19)34-16-23(30)26-21-12-14-33-22-7-3-2-6-20(21)22/h2-3,6-11,19,21H,4-5,12-16H2,1H3,(H,26,30). The first-order chi connectivity index (χ1) is 16.7. The molecule has 2 aliphatic rings. The monoisotopic (exact) mass is 480 g/mol. The van der Waals surface area contributed by atoms with Gasteiger partial charge in [-0.3, -0.25) is 9.36 Å². The Hall–Kier alpha value is -3.04. The minimum atomic E-state index is -0.0438. The van der Waals surface area contributed by atoms with E-state index in [-0.39, 0.29) is 23.8 Å². The number of nitrogens with one attached hydrogen (secondary N) is 1. The summed E-state index contributed by atoms with van der Waals surface area (Å²) in [6.45, 7) is 2.03. The van der Waals surface area contributed by atoms with Gasteiger partial charge in [0, 0.05) is 24.2 Å². The van der Waals surface area contributed by atoms with Crippen LogP contribution >= 0.6 is 11.8 Å². The van der Waals surface area contributed by atoms with Crippen LogP contribution in [0.1, 0.15) is 30.9 Å². The second-order valence-corrected chi connectivity index (χ2v) is 9.31. The lowest BCUT2D eigenvalue weighted by Crippen LogP contribution is -2.33. The summed E-state index contributed by atoms with van der Waals surface area (Å²) < 4.78 is 18.9. The normalized spacial score (nSPS) is 19.3. The maximum Gasteiger partial charge on any atom is 0.230 e. The van der Waals surface area contributed by atoms with Crippen molar-refractivity contribution in [2.45, 2.75) is 43.1 Å². The maximum absolute atomic E-state index is 12.8. The van der Waals surface area contributed by atoms with Crippen molar-refractivity contribution in [3.05, 3.63) is 54.1 Å². The first-order valence-corrected chi connectivity index (χ1v) is 12.5. The quantitative estimate of drug-likeness (QED) is 0.490. The molecule has 1 amide bonds. The molecule has 0 aliphatic carbocycles. The van der Waals surface area contributed by atoms with Crippen LogP contribution in [0, 0.1) is 0 Å². The first-order valence-electron chi connectivity index (χ1n) is 11.5. The number of aromatic nitrogens is 3. The molecule has 1 N–H and O–H groups in total. The van der Waals surface area contributed by atoms with Crippen LogP contribution in [0.25, 0.3) is 11.4 Å². The Kier molecular flexibility index (Phi) is 7.01. The van der Waals surface area contributed by atoms with Gasteiger partial charge < -0.3 is 19.5 Å². The molecule has 3 aromatic rings. The highest BCUT2D eigenvalue weighted by molar-refractivity contribution is 7.99. The Balaban J connectivity index is 1.30. The highest BCUT2D eigenvalue weighted by atomic mass is 32.2. The third kappa shape index (κ3) is 5.05. The summed E-state index contributed by atoms with van der Waals surface area (Å²) >= 11 is 1.40. The van der Waals surface area contributed by atoms with Gasteiger partial charge in [-0.05, 0) is 43.2 Å². The molecule has 1 saturated heterocycles. The zero-order chi connectivity index (χ0) is 23.3. The molecular formula is C25H28N4O4S. The van der Waals surface area contributed by atoms with Crippen molar-refractivity contribution in [3.8, 4) is 22.9 Å². The molecule has 178 valence electrons. The second kappa shape index (κ2) is 10.5. The minimum Gasteiger partial charge on any atom is -0.497 e. The van der Waals surface area contributed by atoms with Crippen molar-refractivity contribution in [3.63, 3.8) is 0 Å². The lowest BCUT2D eigenvalue weighted by molar-refractivity contribution is -0.119. The molecule has 5 rings (SSSR count). The molecular weight excluding hydrogens is 452 g/mol. The van der Waals surface area contributed by atoms with E-state index >= 15 is 0 Å². The fourth-order valence-corrected chi connectivity index (χ4v) is 5.12. The van der Waals surface area contributed by atoms with Crippen molar-refractivity contribution >= 4 is 17.7 Å². The average Bonchev–Trinajstić information content (AvgIpc) is 3.53. The number of para-hydroxylation sites is 1. The van der Waals surface area contributed by atoms with E-state index in [9.17, 15) is 4.79 Å². The number of carbonyl (C=O) groups excluding carboxylic acids is 1. The summed E-state index contributed by atoms with van der Waals surface area (Å²) in [5.74, 6) is 2.61. The van der Waals surface area contributed by atoms with Gasteiger partial charge in [0.2, 0.25) is 5.91 Å². The van der Waals surface area contributed by atoms with Crippen LogP contribution in [0.3, 0.4) is 0 Å². The SMILES string of the molecule is COc1ccc(-c2nnc(SCC(=O)NC3CCOc4ccccc43)n2CC2CCCO2)cc1.